The summed E-state index contributed by atoms with van der Waals surface area (Å²) in [5, 5.41) is 20.4. The third-order valence-corrected chi connectivity index (χ3v) is 4.50. The summed E-state index contributed by atoms with van der Waals surface area (Å²) in [6.45, 7) is 0. The average Bonchev–Trinajstić information content (AvgIpc) is 3.05. The molecule has 10 heteroatoms. The van der Waals surface area contributed by atoms with Crippen molar-refractivity contribution in [2.75, 3.05) is 0 Å². The second-order valence-electron chi connectivity index (χ2n) is 5.54. The third kappa shape index (κ3) is 4.00. The van der Waals surface area contributed by atoms with Crippen LogP contribution in [0.4, 0.5) is 26.3 Å². The molecule has 0 radical (unpaired) electrons. The predicted octanol–water partition coefficient (Wildman–Crippen LogP) is 5.93. The summed E-state index contributed by atoms with van der Waals surface area (Å²) in [5.74, 6) is -0.800. The molecule has 1 aromatic heterocycles. The fourth-order valence-corrected chi connectivity index (χ4v) is 3.12. The van der Waals surface area contributed by atoms with Gasteiger partial charge in [-0.15, -0.1) is 11.3 Å². The van der Waals surface area contributed by atoms with Crippen LogP contribution in [0.1, 0.15) is 11.1 Å². The Kier molecular flexibility index (Phi) is 4.54. The SMILES string of the molecule is Oc1ccc(-c2nc(-c3cc(C(F)(F)F)cc(C(F)(F)F)c3)cs2)cc1O. The summed E-state index contributed by atoms with van der Waals surface area (Å²) in [6.07, 6.45) is -9.89. The van der Waals surface area contributed by atoms with Gasteiger partial charge in [0.15, 0.2) is 11.5 Å². The van der Waals surface area contributed by atoms with Crippen LogP contribution in [-0.4, -0.2) is 15.2 Å². The molecule has 0 unspecified atom stereocenters. The number of alkyl halides is 6. The number of nitrogens with zero attached hydrogens (tertiary/aromatic N) is 1. The lowest BCUT2D eigenvalue weighted by Gasteiger charge is -2.13. The minimum absolute atomic E-state index is 0.0504. The topological polar surface area (TPSA) is 53.4 Å². The second-order valence-corrected chi connectivity index (χ2v) is 6.39. The highest BCUT2D eigenvalue weighted by Crippen LogP contribution is 2.40. The predicted molar refractivity (Wildman–Crippen MR) is 86.3 cm³/mol. The molecule has 2 aromatic carbocycles. The van der Waals surface area contributed by atoms with Gasteiger partial charge in [0.05, 0.1) is 16.8 Å². The lowest BCUT2D eigenvalue weighted by atomic mass is 10.0. The smallest absolute Gasteiger partial charge is 0.416 e. The molecule has 0 saturated carbocycles. The summed E-state index contributed by atoms with van der Waals surface area (Å²) < 4.78 is 77.8. The number of aromatic nitrogens is 1. The first-order valence-corrected chi connectivity index (χ1v) is 8.11. The third-order valence-electron chi connectivity index (χ3n) is 3.61. The van der Waals surface area contributed by atoms with Crippen LogP contribution in [0.5, 0.6) is 11.5 Å². The van der Waals surface area contributed by atoms with Crippen LogP contribution in [0.15, 0.2) is 41.8 Å². The Bertz CT molecular complexity index is 962. The summed E-state index contributed by atoms with van der Waals surface area (Å²) in [6, 6.07) is 5.04. The van der Waals surface area contributed by atoms with Gasteiger partial charge in [0.1, 0.15) is 5.01 Å². The molecule has 3 nitrogen and oxygen atoms in total. The highest BCUT2D eigenvalue weighted by atomic mass is 32.1. The van der Waals surface area contributed by atoms with Gasteiger partial charge in [-0.25, -0.2) is 4.98 Å². The molecule has 0 bridgehead atoms. The van der Waals surface area contributed by atoms with Gasteiger partial charge in [0.2, 0.25) is 0 Å². The van der Waals surface area contributed by atoms with Crippen molar-refractivity contribution < 1.29 is 36.6 Å². The molecule has 0 saturated heterocycles. The Labute approximate surface area is 152 Å². The summed E-state index contributed by atoms with van der Waals surface area (Å²) in [5.41, 5.74) is -2.90. The van der Waals surface area contributed by atoms with E-state index in [2.05, 4.69) is 4.98 Å². The molecule has 0 aliphatic carbocycles. The normalized spacial score (nSPS) is 12.4. The number of rotatable bonds is 2. The van der Waals surface area contributed by atoms with Crippen molar-refractivity contribution in [3.63, 3.8) is 0 Å². The molecule has 142 valence electrons. The Hall–Kier alpha value is -2.75. The van der Waals surface area contributed by atoms with Crippen molar-refractivity contribution in [1.82, 2.24) is 4.98 Å². The van der Waals surface area contributed by atoms with E-state index in [9.17, 15) is 36.6 Å². The van der Waals surface area contributed by atoms with Gasteiger partial charge in [0.25, 0.3) is 0 Å². The fourth-order valence-electron chi connectivity index (χ4n) is 2.30. The number of hydrogen-bond donors (Lipinski definition) is 2. The summed E-state index contributed by atoms with van der Waals surface area (Å²) in [4.78, 5) is 4.06. The molecule has 0 spiro atoms. The first-order valence-electron chi connectivity index (χ1n) is 7.23. The zero-order valence-corrected chi connectivity index (χ0v) is 13.9. The van der Waals surface area contributed by atoms with Crippen LogP contribution in [0.2, 0.25) is 0 Å². The Morgan fingerprint density at radius 3 is 1.85 bits per heavy atom. The first kappa shape index (κ1) is 19.0. The Balaban J connectivity index is 2.09. The molecule has 1 heterocycles. The Morgan fingerprint density at radius 2 is 1.33 bits per heavy atom. The van der Waals surface area contributed by atoms with Crippen LogP contribution in [0.3, 0.4) is 0 Å². The van der Waals surface area contributed by atoms with Crippen LogP contribution in [-0.2, 0) is 12.4 Å². The zero-order valence-electron chi connectivity index (χ0n) is 13.1. The van der Waals surface area contributed by atoms with Crippen LogP contribution >= 0.6 is 11.3 Å². The van der Waals surface area contributed by atoms with Crippen molar-refractivity contribution in [3.05, 3.63) is 52.9 Å². The van der Waals surface area contributed by atoms with Crippen molar-refractivity contribution in [2.24, 2.45) is 0 Å². The molecule has 3 rings (SSSR count). The first-order chi connectivity index (χ1) is 12.4. The van der Waals surface area contributed by atoms with E-state index in [1.807, 2.05) is 0 Å². The van der Waals surface area contributed by atoms with Crippen molar-refractivity contribution in [2.45, 2.75) is 12.4 Å². The molecular formula is C17H9F6NO2S. The second kappa shape index (κ2) is 6.45. The molecular weight excluding hydrogens is 396 g/mol. The summed E-state index contributed by atoms with van der Waals surface area (Å²) >= 11 is 0.972. The van der Waals surface area contributed by atoms with E-state index in [0.717, 1.165) is 11.3 Å². The van der Waals surface area contributed by atoms with Gasteiger partial charge < -0.3 is 10.2 Å². The molecule has 2 N–H and O–H groups in total. The van der Waals surface area contributed by atoms with Crippen LogP contribution in [0, 0.1) is 0 Å². The molecule has 0 aliphatic heterocycles. The highest BCUT2D eigenvalue weighted by molar-refractivity contribution is 7.13. The van der Waals surface area contributed by atoms with Crippen molar-refractivity contribution in [3.8, 4) is 33.3 Å². The quantitative estimate of drug-likeness (QED) is 0.411. The Morgan fingerprint density at radius 1 is 0.741 bits per heavy atom. The van der Waals surface area contributed by atoms with E-state index in [1.165, 1.54) is 23.6 Å². The fraction of sp³-hybridized carbons (Fsp3) is 0.118. The lowest BCUT2D eigenvalue weighted by Crippen LogP contribution is -2.11. The number of thiazole rings is 1. The largest absolute Gasteiger partial charge is 0.504 e. The number of phenolic OH excluding ortho intramolecular Hbond substituents is 2. The summed E-state index contributed by atoms with van der Waals surface area (Å²) in [7, 11) is 0. The number of benzene rings is 2. The maximum atomic E-state index is 13.0. The van der Waals surface area contributed by atoms with Gasteiger partial charge in [-0.05, 0) is 36.4 Å². The lowest BCUT2D eigenvalue weighted by molar-refractivity contribution is -0.143. The number of hydrogen-bond acceptors (Lipinski definition) is 4. The minimum atomic E-state index is -4.95. The standard InChI is InChI=1S/C17H9F6NO2S/c18-16(19,20)10-3-9(4-11(6-10)17(21,22)23)12-7-27-15(24-12)8-1-2-13(25)14(26)5-8/h1-7,25-26H. The van der Waals surface area contributed by atoms with Gasteiger partial charge >= 0.3 is 12.4 Å². The van der Waals surface area contributed by atoms with Gasteiger partial charge in [-0.2, -0.15) is 26.3 Å². The highest BCUT2D eigenvalue weighted by Gasteiger charge is 2.37. The van der Waals surface area contributed by atoms with Crippen LogP contribution < -0.4 is 0 Å². The zero-order chi connectivity index (χ0) is 20.0. The molecule has 0 fully saturated rings. The number of halogens is 6. The minimum Gasteiger partial charge on any atom is -0.504 e. The molecule has 0 amide bonds. The van der Waals surface area contributed by atoms with Gasteiger partial charge in [-0.1, -0.05) is 0 Å². The van der Waals surface area contributed by atoms with Crippen molar-refractivity contribution in [1.29, 1.82) is 0 Å². The maximum Gasteiger partial charge on any atom is 0.416 e. The van der Waals surface area contributed by atoms with E-state index in [0.29, 0.717) is 17.7 Å². The van der Waals surface area contributed by atoms with Gasteiger partial charge in [-0.3, -0.25) is 0 Å². The molecule has 3 aromatic rings. The van der Waals surface area contributed by atoms with E-state index in [1.54, 1.807) is 0 Å². The van der Waals surface area contributed by atoms with E-state index in [-0.39, 0.29) is 28.1 Å². The van der Waals surface area contributed by atoms with Crippen molar-refractivity contribution >= 4 is 11.3 Å². The van der Waals surface area contributed by atoms with E-state index >= 15 is 0 Å². The molecule has 0 atom stereocenters. The van der Waals surface area contributed by atoms with E-state index in [4.69, 9.17) is 0 Å². The number of phenols is 2. The van der Waals surface area contributed by atoms with Gasteiger partial charge in [0, 0.05) is 16.5 Å². The molecule has 27 heavy (non-hydrogen) atoms. The monoisotopic (exact) mass is 405 g/mol. The number of aromatic hydroxyl groups is 2. The van der Waals surface area contributed by atoms with Crippen LogP contribution in [0.25, 0.3) is 21.8 Å². The molecule has 0 aliphatic rings. The average molecular weight is 405 g/mol. The maximum absolute atomic E-state index is 13.0. The van der Waals surface area contributed by atoms with E-state index < -0.39 is 29.2 Å².